The quantitative estimate of drug-likeness (QED) is 0.280. The highest BCUT2D eigenvalue weighted by molar-refractivity contribution is 7.99. The molecule has 8 atom stereocenters. The number of anilines is 1. The zero-order valence-corrected chi connectivity index (χ0v) is 28.4. The van der Waals surface area contributed by atoms with Crippen molar-refractivity contribution < 1.29 is 28.7 Å². The Bertz CT molecular complexity index is 1680. The molecule has 0 radical (unpaired) electrons. The van der Waals surface area contributed by atoms with Crippen molar-refractivity contribution >= 4 is 44.7 Å². The summed E-state index contributed by atoms with van der Waals surface area (Å²) in [6, 6.07) is 11.4. The summed E-state index contributed by atoms with van der Waals surface area (Å²) in [7, 11) is -3.05. The number of carbonyl (C=O) groups is 2. The van der Waals surface area contributed by atoms with Gasteiger partial charge in [-0.3, -0.25) is 14.3 Å². The smallest absolute Gasteiger partial charge is 0.309 e. The first kappa shape index (κ1) is 32.9. The third kappa shape index (κ3) is 5.84. The summed E-state index contributed by atoms with van der Waals surface area (Å²) in [6.45, 7) is 6.92. The first-order chi connectivity index (χ1) is 21.7. The number of carboxylic acids is 1. The lowest BCUT2D eigenvalue weighted by Gasteiger charge is -2.50. The fraction of sp³-hybridized carbons (Fsp3) is 0.528. The summed E-state index contributed by atoms with van der Waals surface area (Å²) in [5, 5.41) is 22.5. The van der Waals surface area contributed by atoms with Gasteiger partial charge in [0.2, 0.25) is 0 Å². The topological polar surface area (TPSA) is 116 Å². The van der Waals surface area contributed by atoms with Crippen molar-refractivity contribution in [3.63, 3.8) is 0 Å². The van der Waals surface area contributed by atoms with Gasteiger partial charge in [0.25, 0.3) is 5.91 Å². The highest BCUT2D eigenvalue weighted by Gasteiger charge is 2.52. The van der Waals surface area contributed by atoms with E-state index in [4.69, 9.17) is 16.3 Å². The molecule has 1 spiro atoms. The van der Waals surface area contributed by atoms with E-state index >= 15 is 0 Å². The number of fused-ring (bicyclic) bond motifs is 4. The van der Waals surface area contributed by atoms with Crippen molar-refractivity contribution in [1.82, 2.24) is 4.72 Å². The summed E-state index contributed by atoms with van der Waals surface area (Å²) < 4.78 is 23.1. The predicted molar refractivity (Wildman–Crippen MR) is 183 cm³/mol. The molecular formula is C36H45ClN2O6S. The summed E-state index contributed by atoms with van der Waals surface area (Å²) in [6.07, 6.45) is 8.31. The lowest BCUT2D eigenvalue weighted by Crippen LogP contribution is -2.55. The van der Waals surface area contributed by atoms with Gasteiger partial charge in [0, 0.05) is 34.3 Å². The van der Waals surface area contributed by atoms with Gasteiger partial charge >= 0.3 is 5.97 Å². The normalized spacial score (nSPS) is 35.8. The van der Waals surface area contributed by atoms with Gasteiger partial charge in [-0.1, -0.05) is 36.7 Å². The van der Waals surface area contributed by atoms with Crippen LogP contribution in [0.5, 0.6) is 5.75 Å². The van der Waals surface area contributed by atoms with Crippen LogP contribution in [0.25, 0.3) is 0 Å². The first-order valence-corrected chi connectivity index (χ1v) is 18.5. The summed E-state index contributed by atoms with van der Waals surface area (Å²) in [5.74, 6) is 1.63. The summed E-state index contributed by atoms with van der Waals surface area (Å²) >= 11 is 6.41. The first-order valence-electron chi connectivity index (χ1n) is 16.4. The number of halogens is 1. The van der Waals surface area contributed by atoms with Crippen molar-refractivity contribution in [2.24, 2.45) is 23.7 Å². The van der Waals surface area contributed by atoms with Gasteiger partial charge in [-0.2, -0.15) is 0 Å². The molecule has 46 heavy (non-hydrogen) atoms. The molecule has 3 N–H and O–H groups in total. The number of carboxylic acid groups (broad SMARTS) is 1. The Morgan fingerprint density at radius 3 is 2.72 bits per heavy atom. The minimum Gasteiger partial charge on any atom is -0.490 e. The lowest BCUT2D eigenvalue weighted by molar-refractivity contribution is -0.156. The predicted octanol–water partition coefficient (Wildman–Crippen LogP) is 5.64. The molecule has 1 amide bonds. The van der Waals surface area contributed by atoms with Crippen molar-refractivity contribution in [3.05, 3.63) is 70.3 Å². The molecule has 0 aromatic heterocycles. The average molecular weight is 669 g/mol. The number of rotatable bonds is 2. The zero-order chi connectivity index (χ0) is 33.0. The Balaban J connectivity index is 1.47. The van der Waals surface area contributed by atoms with E-state index in [0.717, 1.165) is 31.4 Å². The number of amides is 1. The van der Waals surface area contributed by atoms with Crippen LogP contribution in [0.15, 0.2) is 48.6 Å². The fourth-order valence-corrected chi connectivity index (χ4v) is 9.74. The molecule has 8 nitrogen and oxygen atoms in total. The van der Waals surface area contributed by atoms with Crippen molar-refractivity contribution in [2.45, 2.75) is 75.6 Å². The summed E-state index contributed by atoms with van der Waals surface area (Å²) in [4.78, 5) is 28.2. The molecule has 1 saturated carbocycles. The third-order valence-electron chi connectivity index (χ3n) is 11.4. The molecule has 4 aliphatic rings. The van der Waals surface area contributed by atoms with Crippen LogP contribution in [0.3, 0.4) is 0 Å². The molecule has 2 aliphatic heterocycles. The fourth-order valence-electron chi connectivity index (χ4n) is 8.07. The molecule has 1 fully saturated rings. The minimum atomic E-state index is -3.05. The van der Waals surface area contributed by atoms with Crippen LogP contribution in [-0.2, 0) is 26.3 Å². The Morgan fingerprint density at radius 1 is 1.22 bits per heavy atom. The van der Waals surface area contributed by atoms with Crippen LogP contribution in [-0.4, -0.2) is 62.7 Å². The Hall–Kier alpha value is -3.01. The van der Waals surface area contributed by atoms with Crippen molar-refractivity contribution in [2.75, 3.05) is 24.6 Å². The minimum absolute atomic E-state index is 0.00745. The molecule has 2 heterocycles. The number of ether oxygens (including phenoxy) is 1. The maximum absolute atomic E-state index is 13.8. The third-order valence-corrected chi connectivity index (χ3v) is 13.8. The van der Waals surface area contributed by atoms with Gasteiger partial charge in [-0.25, -0.2) is 4.21 Å². The van der Waals surface area contributed by atoms with E-state index in [1.807, 2.05) is 37.3 Å². The molecule has 248 valence electrons. The van der Waals surface area contributed by atoms with E-state index in [1.165, 1.54) is 11.1 Å². The SMILES string of the molecule is C=S1(=O)NC(=O)c2ccc3c(c2)N(C[C@@H]2CC[C@H]2[C@@](O)([C@H](C)C(=O)O)/C=C/C[C@H](C)[C@H]1C)C[C@@]1(CCCc2cc(Cl)ccc21)CO3. The van der Waals surface area contributed by atoms with Crippen LogP contribution in [0.1, 0.15) is 74.4 Å². The monoisotopic (exact) mass is 668 g/mol. The standard InChI is InChI=1S/C36H45ClN2O6S/c1-22-7-5-16-36(43,23(2)34(41)42)30-12-9-27(30)19-39-20-35(15-6-8-25-17-28(37)11-13-29(25)35)21-45-32-14-10-26(18-31(32)39)33(40)38-46(4,44)24(22)3/h5,10-11,13-14,16-18,22-24,27,30,43H,4,6-9,12,15,19-21H2,1-3H3,(H,41,42)(H,38,40,44)/b16-5+/t22-,23+,24+,27-,30+,35-,36-,46?/m0/s1. The van der Waals surface area contributed by atoms with Crippen LogP contribution in [0.4, 0.5) is 5.69 Å². The van der Waals surface area contributed by atoms with E-state index in [2.05, 4.69) is 21.6 Å². The number of aliphatic carboxylic acids is 1. The number of allylic oxidation sites excluding steroid dienone is 1. The molecule has 6 rings (SSSR count). The Kier molecular flexibility index (Phi) is 8.74. The lowest BCUT2D eigenvalue weighted by atomic mass is 9.60. The van der Waals surface area contributed by atoms with Gasteiger partial charge in [0.1, 0.15) is 5.75 Å². The van der Waals surface area contributed by atoms with E-state index in [-0.39, 0.29) is 23.2 Å². The van der Waals surface area contributed by atoms with Gasteiger partial charge in [-0.05, 0) is 117 Å². The van der Waals surface area contributed by atoms with Crippen molar-refractivity contribution in [1.29, 1.82) is 0 Å². The van der Waals surface area contributed by atoms with Gasteiger partial charge in [0.05, 0.1) is 33.5 Å². The maximum Gasteiger partial charge on any atom is 0.309 e. The van der Waals surface area contributed by atoms with Crippen LogP contribution >= 0.6 is 11.6 Å². The highest BCUT2D eigenvalue weighted by Crippen LogP contribution is 2.50. The number of carbonyl (C=O) groups excluding carboxylic acids is 1. The number of hydrogen-bond donors (Lipinski definition) is 3. The molecule has 2 aromatic carbocycles. The molecule has 1 unspecified atom stereocenters. The second-order valence-corrected chi connectivity index (χ2v) is 17.0. The van der Waals surface area contributed by atoms with Gasteiger partial charge in [0.15, 0.2) is 0 Å². The van der Waals surface area contributed by atoms with E-state index < -0.39 is 38.4 Å². The highest BCUT2D eigenvalue weighted by atomic mass is 35.5. The summed E-state index contributed by atoms with van der Waals surface area (Å²) in [5.41, 5.74) is 1.65. The number of nitrogens with one attached hydrogen (secondary N) is 1. The molecule has 2 bridgehead atoms. The van der Waals surface area contributed by atoms with Crippen LogP contribution < -0.4 is 14.4 Å². The number of hydrogen-bond acceptors (Lipinski definition) is 6. The number of aliphatic hydroxyl groups is 1. The van der Waals surface area contributed by atoms with Crippen LogP contribution in [0.2, 0.25) is 5.02 Å². The van der Waals surface area contributed by atoms with Gasteiger partial charge in [-0.15, -0.1) is 0 Å². The molecule has 10 heteroatoms. The molecular weight excluding hydrogens is 624 g/mol. The van der Waals surface area contributed by atoms with Crippen molar-refractivity contribution in [3.8, 4) is 5.75 Å². The molecule has 0 saturated heterocycles. The maximum atomic E-state index is 13.8. The second-order valence-electron chi connectivity index (χ2n) is 14.2. The number of nitrogens with zero attached hydrogens (tertiary/aromatic N) is 1. The molecule has 2 aliphatic carbocycles. The largest absolute Gasteiger partial charge is 0.490 e. The number of aryl methyl sites for hydroxylation is 1. The average Bonchev–Trinajstić information content (AvgIpc) is 3.14. The Labute approximate surface area is 277 Å². The zero-order valence-electron chi connectivity index (χ0n) is 26.8. The van der Waals surface area contributed by atoms with E-state index in [9.17, 15) is 24.0 Å². The number of benzene rings is 2. The van der Waals surface area contributed by atoms with Crippen LogP contribution in [0, 0.1) is 23.7 Å². The van der Waals surface area contributed by atoms with Gasteiger partial charge < -0.3 is 19.8 Å². The second kappa shape index (κ2) is 12.2. The molecule has 2 aromatic rings. The van der Waals surface area contributed by atoms with E-state index in [0.29, 0.717) is 48.9 Å². The Morgan fingerprint density at radius 2 is 2.00 bits per heavy atom. The van der Waals surface area contributed by atoms with E-state index in [1.54, 1.807) is 26.0 Å².